The van der Waals surface area contributed by atoms with Crippen molar-refractivity contribution in [3.8, 4) is 22.8 Å². The summed E-state index contributed by atoms with van der Waals surface area (Å²) in [6.07, 6.45) is -3.67. The van der Waals surface area contributed by atoms with Crippen LogP contribution in [0, 0.1) is 17.5 Å². The van der Waals surface area contributed by atoms with Crippen LogP contribution >= 0.6 is 0 Å². The van der Waals surface area contributed by atoms with Gasteiger partial charge in [0.05, 0.1) is 42.7 Å². The molecule has 1 aliphatic heterocycles. The lowest BCUT2D eigenvalue weighted by molar-refractivity contribution is -0.137. The van der Waals surface area contributed by atoms with E-state index in [2.05, 4.69) is 20.7 Å². The number of aryl methyl sites for hydroxylation is 1. The zero-order valence-electron chi connectivity index (χ0n) is 25.1. The maximum absolute atomic E-state index is 16.2. The summed E-state index contributed by atoms with van der Waals surface area (Å²) < 4.78 is 97.0. The molecule has 0 bridgehead atoms. The number of benzene rings is 3. The minimum absolute atomic E-state index is 0.0120. The van der Waals surface area contributed by atoms with Gasteiger partial charge >= 0.3 is 12.2 Å². The van der Waals surface area contributed by atoms with Crippen LogP contribution in [-0.2, 0) is 26.2 Å². The minimum atomic E-state index is -4.75. The lowest BCUT2D eigenvalue weighted by Gasteiger charge is -2.19. The van der Waals surface area contributed by atoms with Gasteiger partial charge in [-0.3, -0.25) is 9.58 Å². The van der Waals surface area contributed by atoms with E-state index in [1.54, 1.807) is 18.2 Å². The number of nitrogens with zero attached hydrogens (tertiary/aromatic N) is 4. The van der Waals surface area contributed by atoms with Gasteiger partial charge in [-0.15, -0.1) is 0 Å². The summed E-state index contributed by atoms with van der Waals surface area (Å²) in [6.45, 7) is 0.177. The number of nitrogens with one attached hydrogen (secondary N) is 2. The predicted octanol–water partition coefficient (Wildman–Crippen LogP) is 7.30. The highest BCUT2D eigenvalue weighted by molar-refractivity contribution is 6.05. The maximum atomic E-state index is 16.2. The van der Waals surface area contributed by atoms with Crippen LogP contribution in [0.2, 0.25) is 0 Å². The number of rotatable bonds is 7. The van der Waals surface area contributed by atoms with Gasteiger partial charge in [-0.2, -0.15) is 18.3 Å². The van der Waals surface area contributed by atoms with E-state index >= 15 is 8.78 Å². The van der Waals surface area contributed by atoms with E-state index in [9.17, 15) is 22.4 Å². The van der Waals surface area contributed by atoms with Crippen molar-refractivity contribution in [1.82, 2.24) is 14.8 Å². The second kappa shape index (κ2) is 12.0. The number of alkyl halides is 3. The van der Waals surface area contributed by atoms with E-state index in [1.807, 2.05) is 0 Å². The molecule has 2 N–H and O–H groups in total. The minimum Gasteiger partial charge on any atom is -0.497 e. The Labute approximate surface area is 263 Å². The third kappa shape index (κ3) is 5.72. The number of pyridine rings is 1. The van der Waals surface area contributed by atoms with Crippen LogP contribution in [0.4, 0.5) is 48.3 Å². The largest absolute Gasteiger partial charge is 0.497 e. The number of hydrogen-bond donors (Lipinski definition) is 2. The van der Waals surface area contributed by atoms with E-state index in [-0.39, 0.29) is 58.7 Å². The zero-order chi connectivity index (χ0) is 33.6. The molecule has 9 nitrogen and oxygen atoms in total. The molecule has 15 heteroatoms. The second-order valence-electron chi connectivity index (χ2n) is 10.6. The van der Waals surface area contributed by atoms with Crippen molar-refractivity contribution >= 4 is 34.1 Å². The molecule has 0 spiro atoms. The van der Waals surface area contributed by atoms with Crippen LogP contribution in [0.5, 0.6) is 11.5 Å². The first-order valence-electron chi connectivity index (χ1n) is 14.1. The van der Waals surface area contributed by atoms with Gasteiger partial charge in [0, 0.05) is 42.9 Å². The number of anilines is 3. The molecule has 47 heavy (non-hydrogen) atoms. The van der Waals surface area contributed by atoms with Gasteiger partial charge in [-0.25, -0.2) is 22.9 Å². The number of urea groups is 1. The van der Waals surface area contributed by atoms with Gasteiger partial charge in [0.2, 0.25) is 0 Å². The lowest BCUT2D eigenvalue weighted by atomic mass is 10.0. The topological polar surface area (TPSA) is 93.5 Å². The van der Waals surface area contributed by atoms with Crippen molar-refractivity contribution in [3.63, 3.8) is 0 Å². The molecular formula is C32H26F6N6O3. The van der Waals surface area contributed by atoms with Gasteiger partial charge in [-0.1, -0.05) is 0 Å². The van der Waals surface area contributed by atoms with Gasteiger partial charge in [0.15, 0.2) is 5.82 Å². The number of hydrogen-bond acceptors (Lipinski definition) is 6. The molecule has 0 radical (unpaired) electrons. The third-order valence-corrected chi connectivity index (χ3v) is 7.89. The van der Waals surface area contributed by atoms with E-state index in [1.165, 1.54) is 38.1 Å². The highest BCUT2D eigenvalue weighted by Gasteiger charge is 2.33. The van der Waals surface area contributed by atoms with E-state index in [0.29, 0.717) is 29.7 Å². The van der Waals surface area contributed by atoms with Crippen LogP contribution in [0.15, 0.2) is 54.7 Å². The summed E-state index contributed by atoms with van der Waals surface area (Å²) in [5.41, 5.74) is -0.623. The molecule has 5 aromatic rings. The second-order valence-corrected chi connectivity index (χ2v) is 10.6. The monoisotopic (exact) mass is 656 g/mol. The smallest absolute Gasteiger partial charge is 0.416 e. The summed E-state index contributed by atoms with van der Waals surface area (Å²) >= 11 is 0. The molecule has 0 fully saturated rings. The van der Waals surface area contributed by atoms with Gasteiger partial charge in [0.25, 0.3) is 0 Å². The summed E-state index contributed by atoms with van der Waals surface area (Å²) in [5, 5.41) is 9.95. The summed E-state index contributed by atoms with van der Waals surface area (Å²) in [5.74, 6) is -1.12. The fourth-order valence-corrected chi connectivity index (χ4v) is 5.59. The van der Waals surface area contributed by atoms with Crippen LogP contribution in [-0.4, -0.2) is 41.6 Å². The number of aromatic nitrogens is 3. The van der Waals surface area contributed by atoms with Crippen molar-refractivity contribution in [2.75, 3.05) is 36.3 Å². The molecule has 1 aliphatic rings. The summed E-state index contributed by atoms with van der Waals surface area (Å²) in [6, 6.07) is 8.79. The summed E-state index contributed by atoms with van der Waals surface area (Å²) in [4.78, 5) is 18.4. The van der Waals surface area contributed by atoms with Crippen molar-refractivity contribution in [2.24, 2.45) is 7.05 Å². The molecule has 0 unspecified atom stereocenters. The Morgan fingerprint density at radius 1 is 1.00 bits per heavy atom. The molecule has 2 amide bonds. The molecule has 0 aliphatic carbocycles. The number of methoxy groups -OCH3 is 2. The average Bonchev–Trinajstić information content (AvgIpc) is 3.64. The van der Waals surface area contributed by atoms with Crippen molar-refractivity contribution in [3.05, 3.63) is 88.9 Å². The first-order chi connectivity index (χ1) is 22.4. The highest BCUT2D eigenvalue weighted by Crippen LogP contribution is 2.40. The fraction of sp³-hybridized carbons (Fsp3) is 0.219. The quantitative estimate of drug-likeness (QED) is 0.179. The number of carbonyl (C=O) groups excluding carboxylic acids is 1. The van der Waals surface area contributed by atoms with Crippen LogP contribution in [0.3, 0.4) is 0 Å². The van der Waals surface area contributed by atoms with Crippen molar-refractivity contribution < 1.29 is 40.6 Å². The predicted molar refractivity (Wildman–Crippen MR) is 162 cm³/mol. The number of amides is 2. The Morgan fingerprint density at radius 2 is 1.79 bits per heavy atom. The van der Waals surface area contributed by atoms with E-state index in [4.69, 9.17) is 9.47 Å². The third-order valence-electron chi connectivity index (χ3n) is 7.89. The van der Waals surface area contributed by atoms with E-state index < -0.39 is 40.9 Å². The molecule has 0 saturated heterocycles. The Hall–Kier alpha value is -5.47. The van der Waals surface area contributed by atoms with Crippen LogP contribution in [0.25, 0.3) is 22.2 Å². The average molecular weight is 657 g/mol. The first-order valence-corrected chi connectivity index (χ1v) is 14.1. The standard InChI is InChI=1S/C32H26F6N6O3/c1-43-29-22(34)15-40-30(39-14-16-4-6-18(46-2)13-25(16)47-3)26(29)28(42-43)20-7-9-24-19(27(20)35)10-11-44(24)31(45)41-23-12-17(32(36,37)38)5-8-21(23)33/h4-9,12-13,15H,10-11,14H2,1-3H3,(H,39,40)(H,41,45). The fourth-order valence-electron chi connectivity index (χ4n) is 5.59. The molecule has 0 atom stereocenters. The van der Waals surface area contributed by atoms with Crippen molar-refractivity contribution in [1.29, 1.82) is 0 Å². The maximum Gasteiger partial charge on any atom is 0.416 e. The lowest BCUT2D eigenvalue weighted by Crippen LogP contribution is -2.33. The molecule has 244 valence electrons. The van der Waals surface area contributed by atoms with Crippen LogP contribution in [0.1, 0.15) is 16.7 Å². The van der Waals surface area contributed by atoms with Crippen molar-refractivity contribution in [2.45, 2.75) is 19.1 Å². The Kier molecular flexibility index (Phi) is 8.07. The molecule has 3 aromatic carbocycles. The highest BCUT2D eigenvalue weighted by atomic mass is 19.4. The molecule has 0 saturated carbocycles. The van der Waals surface area contributed by atoms with Gasteiger partial charge in [0.1, 0.15) is 40.2 Å². The number of carbonyl (C=O) groups is 1. The molecule has 3 heterocycles. The van der Waals surface area contributed by atoms with Gasteiger partial charge in [-0.05, 0) is 48.9 Å². The molecular weight excluding hydrogens is 630 g/mol. The first kappa shape index (κ1) is 31.5. The van der Waals surface area contributed by atoms with Crippen LogP contribution < -0.4 is 25.0 Å². The van der Waals surface area contributed by atoms with E-state index in [0.717, 1.165) is 16.7 Å². The molecule has 2 aromatic heterocycles. The normalized spacial score (nSPS) is 12.7. The Bertz CT molecular complexity index is 2030. The Morgan fingerprint density at radius 3 is 2.51 bits per heavy atom. The zero-order valence-corrected chi connectivity index (χ0v) is 25.1. The number of halogens is 6. The molecule has 6 rings (SSSR count). The SMILES string of the molecule is COc1ccc(CNc2ncc(F)c3c2c(-c2ccc4c(c2F)CCN4C(=O)Nc2cc(C(F)(F)F)ccc2F)nn3C)c(OC)c1. The Balaban J connectivity index is 1.33. The summed E-state index contributed by atoms with van der Waals surface area (Å²) in [7, 11) is 4.55. The number of fused-ring (bicyclic) bond motifs is 2. The van der Waals surface area contributed by atoms with Gasteiger partial charge < -0.3 is 20.1 Å². The number of ether oxygens (including phenoxy) is 2.